The number of hydrogen-bond acceptors (Lipinski definition) is 5. The summed E-state index contributed by atoms with van der Waals surface area (Å²) in [5.74, 6) is -1.16. The number of hydrogen-bond donors (Lipinski definition) is 1. The second-order valence-electron chi connectivity index (χ2n) is 5.56. The van der Waals surface area contributed by atoms with Gasteiger partial charge in [0.05, 0.1) is 22.7 Å². The zero-order valence-electron chi connectivity index (χ0n) is 14.1. The number of alkyl halides is 3. The van der Waals surface area contributed by atoms with Gasteiger partial charge in [-0.15, -0.1) is 5.10 Å². The number of rotatable bonds is 4. The van der Waals surface area contributed by atoms with Gasteiger partial charge in [-0.3, -0.25) is 0 Å². The first kappa shape index (κ1) is 20.1. The van der Waals surface area contributed by atoms with Crippen molar-refractivity contribution in [1.29, 1.82) is 0 Å². The van der Waals surface area contributed by atoms with E-state index in [0.29, 0.717) is 5.75 Å². The van der Waals surface area contributed by atoms with Gasteiger partial charge in [-0.25, -0.2) is 23.2 Å². The third kappa shape index (κ3) is 3.96. The maximum Gasteiger partial charge on any atom is 0.453 e. The second-order valence-corrected chi connectivity index (χ2v) is 7.53. The molecule has 0 fully saturated rings. The molecule has 0 amide bonds. The SMILES string of the molecule is COc1ccc(-c2nc(C(F)(F)F)nn2-c2ccc(S(N)(=O)=O)cc2)cc1Cl. The lowest BCUT2D eigenvalue weighted by molar-refractivity contribution is -0.144. The molecule has 1 heterocycles. The fraction of sp³-hybridized carbons (Fsp3) is 0.125. The summed E-state index contributed by atoms with van der Waals surface area (Å²) in [6.07, 6.45) is -4.78. The summed E-state index contributed by atoms with van der Waals surface area (Å²) in [5, 5.41) is 8.73. The number of nitrogens with zero attached hydrogens (tertiary/aromatic N) is 3. The third-order valence-corrected chi connectivity index (χ3v) is 4.91. The average Bonchev–Trinajstić information content (AvgIpc) is 3.07. The molecule has 0 radical (unpaired) electrons. The van der Waals surface area contributed by atoms with Gasteiger partial charge in [-0.2, -0.15) is 13.2 Å². The van der Waals surface area contributed by atoms with E-state index in [9.17, 15) is 21.6 Å². The topological polar surface area (TPSA) is 100 Å². The molecule has 2 N–H and O–H groups in total. The van der Waals surface area contributed by atoms with Gasteiger partial charge in [0.1, 0.15) is 5.75 Å². The summed E-state index contributed by atoms with van der Waals surface area (Å²) >= 11 is 6.06. The monoisotopic (exact) mass is 432 g/mol. The predicted octanol–water partition coefficient (Wildman–Crippen LogP) is 3.26. The summed E-state index contributed by atoms with van der Waals surface area (Å²) in [6, 6.07) is 9.19. The Morgan fingerprint density at radius 1 is 1.14 bits per heavy atom. The smallest absolute Gasteiger partial charge is 0.453 e. The Bertz CT molecular complexity index is 1130. The highest BCUT2D eigenvalue weighted by molar-refractivity contribution is 7.89. The molecule has 0 saturated carbocycles. The van der Waals surface area contributed by atoms with E-state index < -0.39 is 22.0 Å². The Morgan fingerprint density at radius 2 is 1.79 bits per heavy atom. The summed E-state index contributed by atoms with van der Waals surface area (Å²) in [6.45, 7) is 0. The maximum atomic E-state index is 13.2. The standard InChI is InChI=1S/C16H12ClF3N4O3S/c1-27-13-7-2-9(8-12(13)17)14-22-15(16(18,19)20)23-24(14)10-3-5-11(6-4-10)28(21,25)26/h2-8H,1H3,(H2,21,25,26). The Hall–Kier alpha value is -2.63. The zero-order chi connectivity index (χ0) is 20.7. The lowest BCUT2D eigenvalue weighted by Crippen LogP contribution is -2.12. The number of aromatic nitrogens is 3. The number of sulfonamides is 1. The van der Waals surface area contributed by atoms with Crippen LogP contribution in [0.1, 0.15) is 5.82 Å². The van der Waals surface area contributed by atoms with E-state index in [4.69, 9.17) is 21.5 Å². The van der Waals surface area contributed by atoms with E-state index >= 15 is 0 Å². The minimum Gasteiger partial charge on any atom is -0.495 e. The molecule has 28 heavy (non-hydrogen) atoms. The van der Waals surface area contributed by atoms with E-state index in [1.54, 1.807) is 0 Å². The molecule has 0 aliphatic heterocycles. The van der Waals surface area contributed by atoms with E-state index in [1.807, 2.05) is 0 Å². The summed E-state index contributed by atoms with van der Waals surface area (Å²) in [4.78, 5) is 3.39. The van der Waals surface area contributed by atoms with Gasteiger partial charge in [-0.05, 0) is 42.5 Å². The van der Waals surface area contributed by atoms with Crippen molar-refractivity contribution >= 4 is 21.6 Å². The number of benzene rings is 2. The molecule has 0 bridgehead atoms. The van der Waals surface area contributed by atoms with Crippen LogP contribution < -0.4 is 9.88 Å². The van der Waals surface area contributed by atoms with Crippen LogP contribution in [0.5, 0.6) is 5.75 Å². The van der Waals surface area contributed by atoms with E-state index in [0.717, 1.165) is 16.8 Å². The van der Waals surface area contributed by atoms with Gasteiger partial charge in [0, 0.05) is 5.56 Å². The van der Waals surface area contributed by atoms with Crippen LogP contribution in [0.4, 0.5) is 13.2 Å². The van der Waals surface area contributed by atoms with Crippen molar-refractivity contribution in [1.82, 2.24) is 14.8 Å². The van der Waals surface area contributed by atoms with Crippen molar-refractivity contribution in [2.24, 2.45) is 5.14 Å². The van der Waals surface area contributed by atoms with Crippen molar-refractivity contribution in [3.05, 3.63) is 53.3 Å². The van der Waals surface area contributed by atoms with Crippen molar-refractivity contribution in [3.8, 4) is 22.8 Å². The number of methoxy groups -OCH3 is 1. The van der Waals surface area contributed by atoms with Crippen LogP contribution in [-0.4, -0.2) is 30.3 Å². The second kappa shape index (κ2) is 7.08. The highest BCUT2D eigenvalue weighted by atomic mass is 35.5. The summed E-state index contributed by atoms with van der Waals surface area (Å²) < 4.78 is 68.2. The number of primary sulfonamides is 1. The molecule has 0 aliphatic carbocycles. The van der Waals surface area contributed by atoms with E-state index in [-0.39, 0.29) is 27.0 Å². The van der Waals surface area contributed by atoms with Crippen LogP contribution in [0.15, 0.2) is 47.4 Å². The molecule has 1 aromatic heterocycles. The molecule has 3 rings (SSSR count). The van der Waals surface area contributed by atoms with Crippen LogP contribution in [0.25, 0.3) is 17.1 Å². The van der Waals surface area contributed by atoms with Crippen molar-refractivity contribution in [2.75, 3.05) is 7.11 Å². The van der Waals surface area contributed by atoms with Crippen molar-refractivity contribution in [2.45, 2.75) is 11.1 Å². The number of halogens is 4. The predicted molar refractivity (Wildman–Crippen MR) is 94.7 cm³/mol. The van der Waals surface area contributed by atoms with E-state index in [1.165, 1.54) is 37.4 Å². The Labute approximate surface area is 162 Å². The minimum atomic E-state index is -4.78. The van der Waals surface area contributed by atoms with Gasteiger partial charge in [0.2, 0.25) is 10.0 Å². The Balaban J connectivity index is 2.18. The van der Waals surface area contributed by atoms with E-state index in [2.05, 4.69) is 10.1 Å². The molecule has 3 aromatic rings. The van der Waals surface area contributed by atoms with Crippen LogP contribution in [-0.2, 0) is 16.2 Å². The molecular formula is C16H12ClF3N4O3S. The zero-order valence-corrected chi connectivity index (χ0v) is 15.7. The number of nitrogens with two attached hydrogens (primary N) is 1. The lowest BCUT2D eigenvalue weighted by atomic mass is 10.2. The average molecular weight is 433 g/mol. The fourth-order valence-electron chi connectivity index (χ4n) is 2.38. The van der Waals surface area contributed by atoms with Crippen LogP contribution in [0.3, 0.4) is 0 Å². The van der Waals surface area contributed by atoms with Crippen LogP contribution in [0.2, 0.25) is 5.02 Å². The van der Waals surface area contributed by atoms with Crippen LogP contribution >= 0.6 is 11.6 Å². The van der Waals surface area contributed by atoms with Gasteiger partial charge in [0.15, 0.2) is 5.82 Å². The molecular weight excluding hydrogens is 421 g/mol. The lowest BCUT2D eigenvalue weighted by Gasteiger charge is -2.08. The quantitative estimate of drug-likeness (QED) is 0.682. The summed E-state index contributed by atoms with van der Waals surface area (Å²) in [5.41, 5.74) is 0.404. The first-order chi connectivity index (χ1) is 13.0. The first-order valence-corrected chi connectivity index (χ1v) is 9.44. The highest BCUT2D eigenvalue weighted by Gasteiger charge is 2.37. The molecule has 0 aliphatic rings. The molecule has 148 valence electrons. The summed E-state index contributed by atoms with van der Waals surface area (Å²) in [7, 11) is -2.55. The van der Waals surface area contributed by atoms with Crippen LogP contribution in [0, 0.1) is 0 Å². The number of ether oxygens (including phenoxy) is 1. The largest absolute Gasteiger partial charge is 0.495 e. The minimum absolute atomic E-state index is 0.139. The molecule has 0 spiro atoms. The highest BCUT2D eigenvalue weighted by Crippen LogP contribution is 2.33. The van der Waals surface area contributed by atoms with Crippen molar-refractivity contribution < 1.29 is 26.3 Å². The molecule has 12 heteroatoms. The molecule has 0 unspecified atom stereocenters. The normalized spacial score (nSPS) is 12.2. The molecule has 0 atom stereocenters. The van der Waals surface area contributed by atoms with Gasteiger partial charge >= 0.3 is 6.18 Å². The van der Waals surface area contributed by atoms with Crippen molar-refractivity contribution in [3.63, 3.8) is 0 Å². The Kier molecular flexibility index (Phi) is 5.08. The third-order valence-electron chi connectivity index (χ3n) is 3.68. The molecule has 2 aromatic carbocycles. The van der Waals surface area contributed by atoms with Gasteiger partial charge < -0.3 is 4.74 Å². The fourth-order valence-corrected chi connectivity index (χ4v) is 3.15. The molecule has 0 saturated heterocycles. The van der Waals surface area contributed by atoms with Gasteiger partial charge in [-0.1, -0.05) is 11.6 Å². The van der Waals surface area contributed by atoms with Gasteiger partial charge in [0.25, 0.3) is 5.82 Å². The molecule has 7 nitrogen and oxygen atoms in total. The maximum absolute atomic E-state index is 13.2. The first-order valence-electron chi connectivity index (χ1n) is 7.52. The Morgan fingerprint density at radius 3 is 2.29 bits per heavy atom.